The summed E-state index contributed by atoms with van der Waals surface area (Å²) >= 11 is 0. The van der Waals surface area contributed by atoms with Crippen molar-refractivity contribution in [3.8, 4) is 0 Å². The molecule has 0 spiro atoms. The summed E-state index contributed by atoms with van der Waals surface area (Å²) in [6.07, 6.45) is 2.23. The summed E-state index contributed by atoms with van der Waals surface area (Å²) in [4.78, 5) is 6.78. The van der Waals surface area contributed by atoms with Crippen LogP contribution in [0.1, 0.15) is 18.5 Å². The molecular weight excluding hydrogens is 230 g/mol. The number of ether oxygens (including phenoxy) is 1. The summed E-state index contributed by atoms with van der Waals surface area (Å²) in [6, 6.07) is 5.97. The summed E-state index contributed by atoms with van der Waals surface area (Å²) < 4.78 is 5.54. The van der Waals surface area contributed by atoms with E-state index in [1.165, 1.54) is 0 Å². The third-order valence-corrected chi connectivity index (χ3v) is 3.21. The predicted molar refractivity (Wildman–Crippen MR) is 70.4 cm³/mol. The van der Waals surface area contributed by atoms with E-state index in [2.05, 4.69) is 9.88 Å². The lowest BCUT2D eigenvalue weighted by atomic mass is 10.1. The van der Waals surface area contributed by atoms with Crippen LogP contribution in [0, 0.1) is 0 Å². The fraction of sp³-hybridized carbons (Fsp3) is 0.615. The van der Waals surface area contributed by atoms with E-state index in [1.54, 1.807) is 0 Å². The van der Waals surface area contributed by atoms with Crippen molar-refractivity contribution in [3.63, 3.8) is 0 Å². The Balaban J connectivity index is 1.88. The Morgan fingerprint density at radius 2 is 2.17 bits per heavy atom. The highest BCUT2D eigenvalue weighted by atomic mass is 16.5. The second kappa shape index (κ2) is 6.68. The van der Waals surface area contributed by atoms with E-state index in [1.807, 2.05) is 18.2 Å². The molecule has 5 nitrogen and oxygen atoms in total. The molecule has 0 unspecified atom stereocenters. The van der Waals surface area contributed by atoms with Gasteiger partial charge in [-0.3, -0.25) is 0 Å². The molecule has 0 radical (unpaired) electrons. The molecule has 1 fully saturated rings. The van der Waals surface area contributed by atoms with Crippen LogP contribution in [0.2, 0.25) is 0 Å². The van der Waals surface area contributed by atoms with E-state index in [4.69, 9.17) is 15.6 Å². The van der Waals surface area contributed by atoms with Gasteiger partial charge in [0, 0.05) is 19.6 Å². The van der Waals surface area contributed by atoms with Crippen LogP contribution >= 0.6 is 0 Å². The Hall–Kier alpha value is -1.17. The average molecular weight is 251 g/mol. The van der Waals surface area contributed by atoms with Crippen molar-refractivity contribution < 1.29 is 9.84 Å². The van der Waals surface area contributed by atoms with Gasteiger partial charge in [-0.05, 0) is 25.0 Å². The number of nitrogens with two attached hydrogens (primary N) is 1. The van der Waals surface area contributed by atoms with Crippen LogP contribution in [-0.4, -0.2) is 42.5 Å². The second-order valence-electron chi connectivity index (χ2n) is 4.47. The van der Waals surface area contributed by atoms with Crippen molar-refractivity contribution in [2.24, 2.45) is 5.73 Å². The largest absolute Gasteiger partial charge is 0.394 e. The molecule has 3 N–H and O–H groups in total. The third kappa shape index (κ3) is 3.41. The number of piperidine rings is 1. The Kier molecular flexibility index (Phi) is 4.92. The smallest absolute Gasteiger partial charge is 0.128 e. The lowest BCUT2D eigenvalue weighted by Crippen LogP contribution is -2.37. The Morgan fingerprint density at radius 1 is 1.39 bits per heavy atom. The van der Waals surface area contributed by atoms with E-state index in [0.717, 1.165) is 37.4 Å². The van der Waals surface area contributed by atoms with Gasteiger partial charge in [-0.1, -0.05) is 6.07 Å². The number of rotatable bonds is 5. The minimum Gasteiger partial charge on any atom is -0.394 e. The highest BCUT2D eigenvalue weighted by Gasteiger charge is 2.20. The Labute approximate surface area is 108 Å². The number of anilines is 1. The van der Waals surface area contributed by atoms with Crippen LogP contribution in [0.5, 0.6) is 0 Å². The Bertz CT molecular complexity index is 365. The summed E-state index contributed by atoms with van der Waals surface area (Å²) in [5.41, 5.74) is 6.52. The number of hydrogen-bond acceptors (Lipinski definition) is 5. The first kappa shape index (κ1) is 13.3. The summed E-state index contributed by atoms with van der Waals surface area (Å²) in [7, 11) is 0. The van der Waals surface area contributed by atoms with Gasteiger partial charge in [-0.2, -0.15) is 0 Å². The fourth-order valence-electron chi connectivity index (χ4n) is 2.23. The maximum Gasteiger partial charge on any atom is 0.128 e. The van der Waals surface area contributed by atoms with Crippen LogP contribution in [-0.2, 0) is 11.3 Å². The number of hydrogen-bond donors (Lipinski definition) is 2. The van der Waals surface area contributed by atoms with Crippen LogP contribution in [0.4, 0.5) is 5.82 Å². The van der Waals surface area contributed by atoms with Gasteiger partial charge in [0.2, 0.25) is 0 Å². The number of aliphatic hydroxyl groups is 1. The zero-order valence-electron chi connectivity index (χ0n) is 10.6. The molecule has 1 saturated heterocycles. The SMILES string of the molecule is NCc1cccc(N2CCC(OCCO)CC2)n1. The van der Waals surface area contributed by atoms with Gasteiger partial charge < -0.3 is 20.5 Å². The zero-order valence-corrected chi connectivity index (χ0v) is 10.6. The zero-order chi connectivity index (χ0) is 12.8. The van der Waals surface area contributed by atoms with Crippen molar-refractivity contribution in [2.75, 3.05) is 31.2 Å². The molecule has 0 aromatic carbocycles. The van der Waals surface area contributed by atoms with Gasteiger partial charge in [-0.25, -0.2) is 4.98 Å². The normalized spacial score (nSPS) is 17.1. The minimum absolute atomic E-state index is 0.0975. The van der Waals surface area contributed by atoms with Crippen molar-refractivity contribution in [1.29, 1.82) is 0 Å². The quantitative estimate of drug-likeness (QED) is 0.798. The molecule has 1 aliphatic heterocycles. The molecule has 2 rings (SSSR count). The van der Waals surface area contributed by atoms with E-state index in [-0.39, 0.29) is 12.7 Å². The monoisotopic (exact) mass is 251 g/mol. The molecule has 1 aromatic heterocycles. The Morgan fingerprint density at radius 3 is 2.83 bits per heavy atom. The third-order valence-electron chi connectivity index (χ3n) is 3.21. The number of aliphatic hydroxyl groups excluding tert-OH is 1. The van der Waals surface area contributed by atoms with Crippen molar-refractivity contribution in [3.05, 3.63) is 23.9 Å². The molecule has 0 aliphatic carbocycles. The molecule has 0 saturated carbocycles. The predicted octanol–water partition coefficient (Wildman–Crippen LogP) is 0.518. The van der Waals surface area contributed by atoms with E-state index >= 15 is 0 Å². The van der Waals surface area contributed by atoms with E-state index in [0.29, 0.717) is 13.2 Å². The molecule has 2 heterocycles. The fourth-order valence-corrected chi connectivity index (χ4v) is 2.23. The van der Waals surface area contributed by atoms with Crippen LogP contribution < -0.4 is 10.6 Å². The lowest BCUT2D eigenvalue weighted by molar-refractivity contribution is 0.0158. The van der Waals surface area contributed by atoms with Crippen LogP contribution in [0.15, 0.2) is 18.2 Å². The van der Waals surface area contributed by atoms with Crippen molar-refractivity contribution >= 4 is 5.82 Å². The summed E-state index contributed by atoms with van der Waals surface area (Å²) in [5, 5.41) is 8.73. The molecule has 5 heteroatoms. The van der Waals surface area contributed by atoms with Gasteiger partial charge in [0.15, 0.2) is 0 Å². The molecule has 0 amide bonds. The van der Waals surface area contributed by atoms with Gasteiger partial charge >= 0.3 is 0 Å². The summed E-state index contributed by atoms with van der Waals surface area (Å²) in [5.74, 6) is 0.999. The van der Waals surface area contributed by atoms with E-state index in [9.17, 15) is 0 Å². The molecule has 1 aliphatic rings. The number of pyridine rings is 1. The first-order chi connectivity index (χ1) is 8.83. The molecular formula is C13H21N3O2. The van der Waals surface area contributed by atoms with Crippen molar-refractivity contribution in [1.82, 2.24) is 4.98 Å². The first-order valence-corrected chi connectivity index (χ1v) is 6.47. The van der Waals surface area contributed by atoms with Crippen molar-refractivity contribution in [2.45, 2.75) is 25.5 Å². The highest BCUT2D eigenvalue weighted by molar-refractivity contribution is 5.39. The molecule has 0 bridgehead atoms. The van der Waals surface area contributed by atoms with Gasteiger partial charge in [0.1, 0.15) is 5.82 Å². The van der Waals surface area contributed by atoms with Gasteiger partial charge in [0.05, 0.1) is 25.0 Å². The van der Waals surface area contributed by atoms with Crippen LogP contribution in [0.25, 0.3) is 0 Å². The average Bonchev–Trinajstić information content (AvgIpc) is 2.46. The summed E-state index contributed by atoms with van der Waals surface area (Å²) in [6.45, 7) is 2.89. The van der Waals surface area contributed by atoms with Crippen LogP contribution in [0.3, 0.4) is 0 Å². The topological polar surface area (TPSA) is 71.6 Å². The lowest BCUT2D eigenvalue weighted by Gasteiger charge is -2.32. The maximum absolute atomic E-state index is 8.73. The highest BCUT2D eigenvalue weighted by Crippen LogP contribution is 2.19. The maximum atomic E-state index is 8.73. The standard InChI is InChI=1S/C13H21N3O2/c14-10-11-2-1-3-13(15-11)16-6-4-12(5-7-16)18-9-8-17/h1-3,12,17H,4-10,14H2. The molecule has 1 aromatic rings. The minimum atomic E-state index is 0.0975. The van der Waals surface area contributed by atoms with E-state index < -0.39 is 0 Å². The van der Waals surface area contributed by atoms with Gasteiger partial charge in [0.25, 0.3) is 0 Å². The number of aromatic nitrogens is 1. The molecule has 100 valence electrons. The number of nitrogens with zero attached hydrogens (tertiary/aromatic N) is 2. The van der Waals surface area contributed by atoms with Gasteiger partial charge in [-0.15, -0.1) is 0 Å². The molecule has 18 heavy (non-hydrogen) atoms. The molecule has 0 atom stereocenters. The second-order valence-corrected chi connectivity index (χ2v) is 4.47. The first-order valence-electron chi connectivity index (χ1n) is 6.47.